The quantitative estimate of drug-likeness (QED) is 0.594. The van der Waals surface area contributed by atoms with Crippen molar-refractivity contribution in [3.63, 3.8) is 0 Å². The minimum atomic E-state index is -4.04. The van der Waals surface area contributed by atoms with Crippen LogP contribution >= 0.6 is 22.9 Å². The molecule has 0 saturated heterocycles. The van der Waals surface area contributed by atoms with Gasteiger partial charge in [-0.2, -0.15) is 4.72 Å². The number of sulfonamides is 1. The molecule has 1 saturated carbocycles. The predicted molar refractivity (Wildman–Crippen MR) is 112 cm³/mol. The van der Waals surface area contributed by atoms with Gasteiger partial charge in [0.1, 0.15) is 9.75 Å². The largest absolute Gasteiger partial charge is 0.480 e. The fraction of sp³-hybridized carbons (Fsp3) is 0.200. The van der Waals surface area contributed by atoms with Crippen LogP contribution in [-0.4, -0.2) is 30.0 Å². The topological polar surface area (TPSA) is 96.4 Å². The number of nitrogens with one attached hydrogen (secondary N) is 1. The van der Waals surface area contributed by atoms with E-state index in [4.69, 9.17) is 11.6 Å². The van der Waals surface area contributed by atoms with E-state index < -0.39 is 27.4 Å². The molecule has 0 amide bonds. The van der Waals surface area contributed by atoms with E-state index in [1.54, 1.807) is 25.1 Å². The number of carboxylic acids is 1. The highest BCUT2D eigenvalue weighted by Gasteiger charge is 2.70. The zero-order valence-corrected chi connectivity index (χ0v) is 17.6. The highest BCUT2D eigenvalue weighted by atomic mass is 35.5. The first-order valence-electron chi connectivity index (χ1n) is 8.80. The van der Waals surface area contributed by atoms with Crippen molar-refractivity contribution in [2.75, 3.05) is 0 Å². The Hall–Kier alpha value is -2.26. The molecule has 4 rings (SSSR count). The Morgan fingerprint density at radius 3 is 2.52 bits per heavy atom. The number of carbonyl (C=O) groups is 1. The molecule has 6 nitrogen and oxygen atoms in total. The Kier molecular flexibility index (Phi) is 4.98. The number of aliphatic carboxylic acids is 1. The number of pyridine rings is 1. The molecule has 29 heavy (non-hydrogen) atoms. The van der Waals surface area contributed by atoms with Gasteiger partial charge in [0, 0.05) is 12.1 Å². The first-order chi connectivity index (χ1) is 13.8. The standard InChI is InChI=1S/C20H17ClN2O4S2/c1-12-18(13-5-3-2-4-6-13)20(12,19(24)25)23-29(26,27)17-10-9-16(28-17)15-8-7-14(21)11-22-15/h2-12,18,23H,1H3,(H,24,25)/t12-,18-,20+/m1/s1. The summed E-state index contributed by atoms with van der Waals surface area (Å²) in [5, 5.41) is 10.4. The maximum atomic E-state index is 13.0. The highest BCUT2D eigenvalue weighted by molar-refractivity contribution is 7.91. The van der Waals surface area contributed by atoms with Crippen molar-refractivity contribution in [2.45, 2.75) is 22.6 Å². The lowest BCUT2D eigenvalue weighted by Gasteiger charge is -2.15. The maximum absolute atomic E-state index is 13.0. The van der Waals surface area contributed by atoms with E-state index in [1.807, 2.05) is 30.3 Å². The molecule has 2 N–H and O–H groups in total. The van der Waals surface area contributed by atoms with Gasteiger partial charge >= 0.3 is 5.97 Å². The number of halogens is 1. The number of hydrogen-bond donors (Lipinski definition) is 2. The number of rotatable bonds is 6. The number of nitrogens with zero attached hydrogens (tertiary/aromatic N) is 1. The molecule has 2 aromatic heterocycles. The number of thiophene rings is 1. The second-order valence-electron chi connectivity index (χ2n) is 6.94. The van der Waals surface area contributed by atoms with Crippen molar-refractivity contribution in [1.29, 1.82) is 0 Å². The third kappa shape index (κ3) is 3.46. The van der Waals surface area contributed by atoms with Gasteiger partial charge in [0.2, 0.25) is 0 Å². The lowest BCUT2D eigenvalue weighted by Crippen LogP contribution is -2.45. The second-order valence-corrected chi connectivity index (χ2v) is 10.4. The summed E-state index contributed by atoms with van der Waals surface area (Å²) in [4.78, 5) is 16.9. The first kappa shape index (κ1) is 20.0. The average Bonchev–Trinajstić information content (AvgIpc) is 3.05. The van der Waals surface area contributed by atoms with Crippen molar-refractivity contribution in [3.05, 3.63) is 71.4 Å². The van der Waals surface area contributed by atoms with Crippen LogP contribution in [-0.2, 0) is 14.8 Å². The molecule has 1 aliphatic carbocycles. The van der Waals surface area contributed by atoms with Crippen LogP contribution in [0.25, 0.3) is 10.6 Å². The molecule has 0 radical (unpaired) electrons. The Bertz CT molecular complexity index is 1160. The van der Waals surface area contributed by atoms with E-state index in [0.29, 0.717) is 15.6 Å². The van der Waals surface area contributed by atoms with Gasteiger partial charge in [0.15, 0.2) is 0 Å². The van der Waals surface area contributed by atoms with Gasteiger partial charge in [0.25, 0.3) is 10.0 Å². The van der Waals surface area contributed by atoms with Crippen molar-refractivity contribution >= 4 is 38.9 Å². The zero-order valence-electron chi connectivity index (χ0n) is 15.2. The highest BCUT2D eigenvalue weighted by Crippen LogP contribution is 2.58. The Labute approximate surface area is 177 Å². The molecule has 150 valence electrons. The van der Waals surface area contributed by atoms with Crippen molar-refractivity contribution in [2.24, 2.45) is 5.92 Å². The molecule has 0 bridgehead atoms. The van der Waals surface area contributed by atoms with Crippen LogP contribution in [0.3, 0.4) is 0 Å². The molecule has 0 spiro atoms. The minimum absolute atomic E-state index is 0.0378. The molecule has 2 heterocycles. The summed E-state index contributed by atoms with van der Waals surface area (Å²) in [5.74, 6) is -2.00. The Morgan fingerprint density at radius 2 is 1.90 bits per heavy atom. The molecule has 0 aliphatic heterocycles. The van der Waals surface area contributed by atoms with Gasteiger partial charge in [-0.15, -0.1) is 11.3 Å². The molecule has 1 aromatic carbocycles. The monoisotopic (exact) mass is 448 g/mol. The molecule has 1 fully saturated rings. The SMILES string of the molecule is C[C@@H]1[C@H](c2ccccc2)[C@]1(NS(=O)(=O)c1ccc(-c2ccc(Cl)cn2)s1)C(=O)O. The van der Waals surface area contributed by atoms with Crippen LogP contribution in [0.4, 0.5) is 0 Å². The van der Waals surface area contributed by atoms with Crippen LogP contribution in [0.1, 0.15) is 18.4 Å². The van der Waals surface area contributed by atoms with Crippen LogP contribution in [0.15, 0.2) is 65.0 Å². The lowest BCUT2D eigenvalue weighted by molar-refractivity contribution is -0.140. The van der Waals surface area contributed by atoms with Gasteiger partial charge in [-0.05, 0) is 35.7 Å². The molecular formula is C20H17ClN2O4S2. The summed E-state index contributed by atoms with van der Waals surface area (Å²) in [6.07, 6.45) is 1.48. The van der Waals surface area contributed by atoms with E-state index in [-0.39, 0.29) is 10.1 Å². The van der Waals surface area contributed by atoms with Crippen LogP contribution in [0, 0.1) is 5.92 Å². The van der Waals surface area contributed by atoms with E-state index >= 15 is 0 Å². The van der Waals surface area contributed by atoms with E-state index in [2.05, 4.69) is 9.71 Å². The van der Waals surface area contributed by atoms with Gasteiger partial charge < -0.3 is 5.11 Å². The smallest absolute Gasteiger partial charge is 0.325 e. The van der Waals surface area contributed by atoms with Crippen LogP contribution in [0.2, 0.25) is 5.02 Å². The van der Waals surface area contributed by atoms with Gasteiger partial charge in [-0.25, -0.2) is 8.42 Å². The van der Waals surface area contributed by atoms with Gasteiger partial charge in [-0.1, -0.05) is 48.9 Å². The van der Waals surface area contributed by atoms with Crippen LogP contribution < -0.4 is 4.72 Å². The molecule has 0 unspecified atom stereocenters. The lowest BCUT2D eigenvalue weighted by atomic mass is 10.1. The summed E-state index contributed by atoms with van der Waals surface area (Å²) < 4.78 is 28.5. The number of aromatic nitrogens is 1. The van der Waals surface area contributed by atoms with E-state index in [9.17, 15) is 18.3 Å². The molecular weight excluding hydrogens is 432 g/mol. The third-order valence-electron chi connectivity index (χ3n) is 5.24. The molecule has 3 atom stereocenters. The number of hydrogen-bond acceptors (Lipinski definition) is 5. The normalized spacial score (nSPS) is 23.7. The van der Waals surface area contributed by atoms with Crippen molar-refractivity contribution in [3.8, 4) is 10.6 Å². The number of carboxylic acid groups (broad SMARTS) is 1. The summed E-state index contributed by atoms with van der Waals surface area (Å²) in [6.45, 7) is 1.74. The summed E-state index contributed by atoms with van der Waals surface area (Å²) >= 11 is 6.87. The number of benzene rings is 1. The molecule has 9 heteroatoms. The zero-order chi connectivity index (χ0) is 20.8. The van der Waals surface area contributed by atoms with Crippen LogP contribution in [0.5, 0.6) is 0 Å². The van der Waals surface area contributed by atoms with Crippen molar-refractivity contribution < 1.29 is 18.3 Å². The predicted octanol–water partition coefficient (Wildman–Crippen LogP) is 4.00. The Balaban J connectivity index is 1.64. The minimum Gasteiger partial charge on any atom is -0.480 e. The summed E-state index contributed by atoms with van der Waals surface area (Å²) in [6, 6.07) is 15.6. The van der Waals surface area contributed by atoms with E-state index in [1.165, 1.54) is 12.3 Å². The second kappa shape index (κ2) is 7.21. The summed E-state index contributed by atoms with van der Waals surface area (Å²) in [7, 11) is -4.04. The fourth-order valence-corrected chi connectivity index (χ4v) is 6.55. The van der Waals surface area contributed by atoms with E-state index in [0.717, 1.165) is 16.9 Å². The third-order valence-corrected chi connectivity index (χ3v) is 8.55. The summed E-state index contributed by atoms with van der Waals surface area (Å²) in [5.41, 5.74) is -0.179. The average molecular weight is 449 g/mol. The first-order valence-corrected chi connectivity index (χ1v) is 11.5. The Morgan fingerprint density at radius 1 is 1.17 bits per heavy atom. The van der Waals surface area contributed by atoms with Gasteiger partial charge in [-0.3, -0.25) is 9.78 Å². The molecule has 3 aromatic rings. The maximum Gasteiger partial charge on any atom is 0.325 e. The van der Waals surface area contributed by atoms with Gasteiger partial charge in [0.05, 0.1) is 15.6 Å². The molecule has 1 aliphatic rings. The fourth-order valence-electron chi connectivity index (χ4n) is 3.70. The van der Waals surface area contributed by atoms with Crippen molar-refractivity contribution in [1.82, 2.24) is 9.71 Å².